The Morgan fingerprint density at radius 2 is 1.85 bits per heavy atom. The van der Waals surface area contributed by atoms with Gasteiger partial charge in [-0.2, -0.15) is 0 Å². The van der Waals surface area contributed by atoms with Crippen LogP contribution in [0.15, 0.2) is 53.1 Å². The van der Waals surface area contributed by atoms with Crippen molar-refractivity contribution in [1.82, 2.24) is 5.32 Å². The van der Waals surface area contributed by atoms with Crippen LogP contribution in [0.4, 0.5) is 5.69 Å². The topological polar surface area (TPSA) is 100 Å². The van der Waals surface area contributed by atoms with Crippen LogP contribution in [0.2, 0.25) is 0 Å². The lowest BCUT2D eigenvalue weighted by molar-refractivity contribution is -0.136. The van der Waals surface area contributed by atoms with Crippen LogP contribution in [-0.2, 0) is 14.3 Å². The number of carbonyl (C=O) groups excluding carboxylic acids is 1. The number of ether oxygens (including phenoxy) is 2. The van der Waals surface area contributed by atoms with E-state index in [0.29, 0.717) is 18.3 Å². The number of aliphatic carboxylic acids is 1. The van der Waals surface area contributed by atoms with Crippen molar-refractivity contribution in [2.24, 2.45) is 4.99 Å². The van der Waals surface area contributed by atoms with E-state index < -0.39 is 5.97 Å². The molecule has 0 aliphatic carbocycles. The number of nitrogens with one attached hydrogen (secondary N) is 1. The summed E-state index contributed by atoms with van der Waals surface area (Å²) in [5, 5.41) is 11.1. The van der Waals surface area contributed by atoms with E-state index in [1.807, 2.05) is 38.1 Å². The number of methoxy groups -OCH3 is 2. The number of thioether (sulfide) groups is 1. The summed E-state index contributed by atoms with van der Waals surface area (Å²) < 4.78 is 10.7. The third kappa shape index (κ3) is 19.5. The van der Waals surface area contributed by atoms with E-state index in [1.54, 1.807) is 52.2 Å². The Hall–Kier alpha value is -3.22. The lowest BCUT2D eigenvalue weighted by atomic mass is 10.1. The van der Waals surface area contributed by atoms with Gasteiger partial charge in [-0.15, -0.1) is 24.6 Å². The van der Waals surface area contributed by atoms with Crippen LogP contribution in [-0.4, -0.2) is 69.4 Å². The van der Waals surface area contributed by atoms with E-state index in [1.165, 1.54) is 5.57 Å². The van der Waals surface area contributed by atoms with Crippen molar-refractivity contribution < 1.29 is 24.2 Å². The highest BCUT2D eigenvalue weighted by molar-refractivity contribution is 8.00. The van der Waals surface area contributed by atoms with Crippen LogP contribution in [0, 0.1) is 12.8 Å². The normalized spacial score (nSPS) is 11.4. The number of hydrogen-bond acceptors (Lipinski definition) is 7. The number of rotatable bonds is 15. The van der Waals surface area contributed by atoms with Crippen molar-refractivity contribution in [3.05, 3.63) is 48.1 Å². The summed E-state index contributed by atoms with van der Waals surface area (Å²) in [6, 6.07) is 7.94. The quantitative estimate of drug-likeness (QED) is 0.0665. The van der Waals surface area contributed by atoms with Gasteiger partial charge in [0.2, 0.25) is 0 Å². The monoisotopic (exact) mass is 563 g/mol. The number of carboxylic acids is 1. The minimum Gasteiger partial charge on any atom is -0.497 e. The number of unbranched alkanes of at least 4 members (excludes halogenated alkanes) is 1. The highest BCUT2D eigenvalue weighted by Crippen LogP contribution is 2.31. The van der Waals surface area contributed by atoms with Gasteiger partial charge in [-0.1, -0.05) is 39.3 Å². The van der Waals surface area contributed by atoms with Gasteiger partial charge in [0.05, 0.1) is 24.7 Å². The van der Waals surface area contributed by atoms with E-state index in [2.05, 4.69) is 48.0 Å². The fourth-order valence-electron chi connectivity index (χ4n) is 3.05. The predicted octanol–water partition coefficient (Wildman–Crippen LogP) is 6.04. The Morgan fingerprint density at radius 1 is 1.23 bits per heavy atom. The molecular weight excluding hydrogens is 514 g/mol. The zero-order valence-corrected chi connectivity index (χ0v) is 25.8. The third-order valence-electron chi connectivity index (χ3n) is 4.85. The Bertz CT molecular complexity index is 852. The molecule has 0 aromatic heterocycles. The number of hydrogen-bond donors (Lipinski definition) is 2. The smallest absolute Gasteiger partial charge is 0.307 e. The largest absolute Gasteiger partial charge is 0.497 e. The standard InChI is InChI=1S/C19H29NO3S.C7H12N2O2.C2H6.C2H2/c1-5-7-8-16(6-2)19(24-14-13-21)20(15-22-3)17-9-11-18(23-4)12-10-17;1-8-6(9-2)4-3-5-7(10)11;2*1-2/h6,9-13,19H,5,7-8,14-15H2,1-4H3;3-4H,5H2,1-2H3,(H,8,9)(H,10,11);1-2H3;1-2H/b16-6+;4-3-;;. The molecule has 0 amide bonds. The maximum absolute atomic E-state index is 10.9. The summed E-state index contributed by atoms with van der Waals surface area (Å²) in [7, 11) is 6.72. The van der Waals surface area contributed by atoms with Gasteiger partial charge >= 0.3 is 5.97 Å². The van der Waals surface area contributed by atoms with E-state index in [9.17, 15) is 9.59 Å². The number of benzene rings is 1. The lowest BCUT2D eigenvalue weighted by Gasteiger charge is -2.34. The molecule has 0 radical (unpaired) electrons. The number of amidine groups is 1. The fourth-order valence-corrected chi connectivity index (χ4v) is 4.14. The van der Waals surface area contributed by atoms with Crippen LogP contribution in [0.5, 0.6) is 5.75 Å². The first kappa shape index (κ1) is 40.3. The second-order valence-electron chi connectivity index (χ2n) is 7.26. The van der Waals surface area contributed by atoms with Crippen molar-refractivity contribution in [3.8, 4) is 18.6 Å². The lowest BCUT2D eigenvalue weighted by Crippen LogP contribution is -2.36. The van der Waals surface area contributed by atoms with Gasteiger partial charge < -0.3 is 29.6 Å². The average molecular weight is 564 g/mol. The summed E-state index contributed by atoms with van der Waals surface area (Å²) in [6.07, 6.45) is 17.7. The first-order valence-corrected chi connectivity index (χ1v) is 13.9. The fraction of sp³-hybridized carbons (Fsp3) is 0.500. The van der Waals surface area contributed by atoms with E-state index in [4.69, 9.17) is 14.6 Å². The molecule has 9 heteroatoms. The van der Waals surface area contributed by atoms with Crippen LogP contribution in [0.3, 0.4) is 0 Å². The molecule has 1 aromatic carbocycles. The van der Waals surface area contributed by atoms with E-state index in [0.717, 1.165) is 37.0 Å². The van der Waals surface area contributed by atoms with Crippen molar-refractivity contribution in [2.45, 2.75) is 58.8 Å². The molecular formula is C30H49N3O5S. The SMILES string of the molecule is C#C.C/C=C(\CCCC)C(SCC=O)N(COC)c1ccc(OC)cc1.CC.CN=C(/C=C\CC(=O)O)NC. The van der Waals surface area contributed by atoms with Gasteiger partial charge in [-0.3, -0.25) is 9.79 Å². The number of carbonyl (C=O) groups is 2. The van der Waals surface area contributed by atoms with Crippen LogP contribution in [0.1, 0.15) is 53.4 Å². The number of carboxylic acid groups (broad SMARTS) is 1. The molecule has 0 saturated carbocycles. The zero-order chi connectivity index (χ0) is 30.5. The number of likely N-dealkylation sites (N-methyl/N-ethyl adjacent to an activating group) is 1. The van der Waals surface area contributed by atoms with Crippen LogP contribution in [0.25, 0.3) is 0 Å². The molecule has 0 aliphatic heterocycles. The first-order valence-electron chi connectivity index (χ1n) is 12.9. The molecule has 39 heavy (non-hydrogen) atoms. The van der Waals surface area contributed by atoms with Gasteiger partial charge in [-0.25, -0.2) is 0 Å². The number of terminal acetylenes is 1. The second-order valence-corrected chi connectivity index (χ2v) is 8.38. The van der Waals surface area contributed by atoms with E-state index in [-0.39, 0.29) is 11.8 Å². The average Bonchev–Trinajstić information content (AvgIpc) is 2.98. The maximum Gasteiger partial charge on any atom is 0.307 e. The number of allylic oxidation sites excluding steroid dienone is 1. The summed E-state index contributed by atoms with van der Waals surface area (Å²) in [5.41, 5.74) is 2.38. The predicted molar refractivity (Wildman–Crippen MR) is 168 cm³/mol. The van der Waals surface area contributed by atoms with Crippen LogP contribution >= 0.6 is 11.8 Å². The van der Waals surface area contributed by atoms with Gasteiger partial charge in [-0.05, 0) is 55.7 Å². The molecule has 2 N–H and O–H groups in total. The van der Waals surface area contributed by atoms with Gasteiger partial charge in [0.25, 0.3) is 0 Å². The Labute approximate surface area is 241 Å². The van der Waals surface area contributed by atoms with Crippen LogP contribution < -0.4 is 15.0 Å². The Kier molecular flexibility index (Phi) is 30.3. The zero-order valence-electron chi connectivity index (χ0n) is 25.0. The minimum absolute atomic E-state index is 0.0285. The summed E-state index contributed by atoms with van der Waals surface area (Å²) in [4.78, 5) is 27.0. The maximum atomic E-state index is 10.9. The summed E-state index contributed by atoms with van der Waals surface area (Å²) >= 11 is 1.64. The highest BCUT2D eigenvalue weighted by atomic mass is 32.2. The van der Waals surface area contributed by atoms with Gasteiger partial charge in [0.15, 0.2) is 0 Å². The Balaban J connectivity index is -0.000000724. The number of anilines is 1. The summed E-state index contributed by atoms with van der Waals surface area (Å²) in [5.74, 6) is 1.12. The highest BCUT2D eigenvalue weighted by Gasteiger charge is 2.23. The number of aldehydes is 1. The molecule has 1 atom stereocenters. The second kappa shape index (κ2) is 29.3. The number of aliphatic imine (C=N–C) groups is 1. The molecule has 1 rings (SSSR count). The van der Waals surface area contributed by atoms with Crippen molar-refractivity contribution in [2.75, 3.05) is 45.7 Å². The molecule has 0 aliphatic rings. The molecule has 0 heterocycles. The molecule has 1 aromatic rings. The summed E-state index contributed by atoms with van der Waals surface area (Å²) in [6.45, 7) is 8.72. The van der Waals surface area contributed by atoms with Crippen molar-refractivity contribution in [1.29, 1.82) is 0 Å². The van der Waals surface area contributed by atoms with Gasteiger partial charge in [0.1, 0.15) is 24.6 Å². The van der Waals surface area contributed by atoms with Crippen molar-refractivity contribution >= 4 is 35.5 Å². The molecule has 0 saturated heterocycles. The van der Waals surface area contributed by atoms with Gasteiger partial charge in [0, 0.05) is 26.9 Å². The minimum atomic E-state index is -0.840. The molecule has 220 valence electrons. The van der Waals surface area contributed by atoms with Crippen molar-refractivity contribution in [3.63, 3.8) is 0 Å². The first-order chi connectivity index (χ1) is 18.9. The Morgan fingerprint density at radius 3 is 2.26 bits per heavy atom. The molecule has 0 fully saturated rings. The molecule has 1 unspecified atom stereocenters. The molecule has 0 bridgehead atoms. The third-order valence-corrected chi connectivity index (χ3v) is 6.05. The number of nitrogens with zero attached hydrogens (tertiary/aromatic N) is 2. The van der Waals surface area contributed by atoms with E-state index >= 15 is 0 Å². The molecule has 0 spiro atoms. The molecule has 8 nitrogen and oxygen atoms in total.